The van der Waals surface area contributed by atoms with E-state index < -0.39 is 5.79 Å². The third kappa shape index (κ3) is 6.43. The molecule has 12 heteroatoms. The maximum absolute atomic E-state index is 10.2. The van der Waals surface area contributed by atoms with Gasteiger partial charge in [0.05, 0.1) is 32.1 Å². The zero-order chi connectivity index (χ0) is 31.4. The number of hydrogen-bond acceptors (Lipinski definition) is 12. The van der Waals surface area contributed by atoms with E-state index >= 15 is 0 Å². The summed E-state index contributed by atoms with van der Waals surface area (Å²) in [4.78, 5) is 9.08. The average Bonchev–Trinajstić information content (AvgIpc) is 3.58. The van der Waals surface area contributed by atoms with Crippen molar-refractivity contribution in [3.05, 3.63) is 65.0 Å². The maximum Gasteiger partial charge on any atom is 0.226 e. The summed E-state index contributed by atoms with van der Waals surface area (Å²) < 4.78 is 33.9. The van der Waals surface area contributed by atoms with Gasteiger partial charge in [-0.2, -0.15) is 10.5 Å². The van der Waals surface area contributed by atoms with Gasteiger partial charge in [0.25, 0.3) is 0 Å². The second-order valence-corrected chi connectivity index (χ2v) is 11.3. The molecule has 0 spiro atoms. The van der Waals surface area contributed by atoms with Gasteiger partial charge in [-0.25, -0.2) is 9.97 Å². The molecule has 2 aromatic heterocycles. The largest absolute Gasteiger partial charge is 0.493 e. The molecule has 1 atom stereocenters. The van der Waals surface area contributed by atoms with Gasteiger partial charge in [-0.05, 0) is 56.7 Å². The molecular formula is C32H31N5O6S. The quantitative estimate of drug-likeness (QED) is 0.212. The van der Waals surface area contributed by atoms with Gasteiger partial charge in [-0.3, -0.25) is 0 Å². The summed E-state index contributed by atoms with van der Waals surface area (Å²) in [5, 5.41) is 20.5. The fourth-order valence-electron chi connectivity index (χ4n) is 4.73. The van der Waals surface area contributed by atoms with E-state index in [-0.39, 0.29) is 23.0 Å². The van der Waals surface area contributed by atoms with E-state index in [4.69, 9.17) is 33.8 Å². The van der Waals surface area contributed by atoms with Gasteiger partial charge in [0, 0.05) is 16.9 Å². The van der Waals surface area contributed by atoms with Crippen LogP contribution in [-0.2, 0) is 15.2 Å². The van der Waals surface area contributed by atoms with Crippen LogP contribution in [0.5, 0.6) is 17.2 Å². The van der Waals surface area contributed by atoms with Crippen LogP contribution in [-0.4, -0.2) is 49.3 Å². The molecule has 0 amide bonds. The van der Waals surface area contributed by atoms with E-state index in [1.165, 1.54) is 11.8 Å². The van der Waals surface area contributed by atoms with Crippen LogP contribution < -0.4 is 19.9 Å². The zero-order valence-electron chi connectivity index (χ0n) is 25.0. The highest BCUT2D eigenvalue weighted by Crippen LogP contribution is 2.38. The number of ether oxygens (including phenoxy) is 5. The lowest BCUT2D eigenvalue weighted by Crippen LogP contribution is -2.25. The third-order valence-electron chi connectivity index (χ3n) is 6.93. The fraction of sp³-hybridized carbons (Fsp3) is 0.312. The summed E-state index contributed by atoms with van der Waals surface area (Å²) >= 11 is 1.29. The van der Waals surface area contributed by atoms with Crippen molar-refractivity contribution >= 4 is 17.6 Å². The van der Waals surface area contributed by atoms with Gasteiger partial charge in [-0.15, -0.1) is 0 Å². The van der Waals surface area contributed by atoms with Crippen molar-refractivity contribution in [2.24, 2.45) is 0 Å². The van der Waals surface area contributed by atoms with Crippen molar-refractivity contribution in [1.82, 2.24) is 9.97 Å². The summed E-state index contributed by atoms with van der Waals surface area (Å²) in [6.07, 6.45) is -0.178. The predicted molar refractivity (Wildman–Crippen MR) is 163 cm³/mol. The molecule has 44 heavy (non-hydrogen) atoms. The summed E-state index contributed by atoms with van der Waals surface area (Å²) in [6, 6.07) is 16.9. The first-order valence-corrected chi connectivity index (χ1v) is 14.6. The van der Waals surface area contributed by atoms with Crippen LogP contribution >= 0.6 is 11.8 Å². The van der Waals surface area contributed by atoms with Gasteiger partial charge in [-0.1, -0.05) is 23.9 Å². The molecule has 1 fully saturated rings. The minimum absolute atomic E-state index is 0.0354. The second kappa shape index (κ2) is 12.9. The lowest BCUT2D eigenvalue weighted by Gasteiger charge is -2.17. The number of thioether (sulfide) groups is 1. The Bertz CT molecular complexity index is 1760. The fourth-order valence-corrected chi connectivity index (χ4v) is 5.73. The summed E-state index contributed by atoms with van der Waals surface area (Å²) in [5.74, 6) is 2.57. The topological polar surface area (TPSA) is 159 Å². The number of oxazole rings is 1. The lowest BCUT2D eigenvalue weighted by atomic mass is 9.97. The molecule has 0 radical (unpaired) electrons. The number of methoxy groups -OCH3 is 2. The van der Waals surface area contributed by atoms with Crippen molar-refractivity contribution in [2.45, 2.75) is 43.4 Å². The number of pyridine rings is 1. The zero-order valence-corrected chi connectivity index (χ0v) is 25.8. The van der Waals surface area contributed by atoms with Crippen molar-refractivity contribution in [3.63, 3.8) is 0 Å². The van der Waals surface area contributed by atoms with Gasteiger partial charge >= 0.3 is 0 Å². The molecule has 1 aliphatic rings. The molecule has 1 aliphatic heterocycles. The van der Waals surface area contributed by atoms with Crippen LogP contribution in [0.3, 0.4) is 0 Å². The molecule has 3 heterocycles. The molecule has 11 nitrogen and oxygen atoms in total. The Morgan fingerprint density at radius 3 is 2.34 bits per heavy atom. The summed E-state index contributed by atoms with van der Waals surface area (Å²) in [7, 11) is 3.13. The van der Waals surface area contributed by atoms with E-state index in [0.717, 1.165) is 5.56 Å². The molecular weight excluding hydrogens is 582 g/mol. The maximum atomic E-state index is 10.2. The monoisotopic (exact) mass is 613 g/mol. The third-order valence-corrected chi connectivity index (χ3v) is 7.92. The van der Waals surface area contributed by atoms with Crippen LogP contribution in [0.1, 0.15) is 36.4 Å². The highest BCUT2D eigenvalue weighted by Gasteiger charge is 2.33. The van der Waals surface area contributed by atoms with E-state index in [1.807, 2.05) is 26.8 Å². The summed E-state index contributed by atoms with van der Waals surface area (Å²) in [5.41, 5.74) is 9.05. The molecule has 5 rings (SSSR count). The van der Waals surface area contributed by atoms with Crippen LogP contribution in [0.4, 0.5) is 5.82 Å². The van der Waals surface area contributed by atoms with Crippen molar-refractivity contribution in [3.8, 4) is 52.0 Å². The van der Waals surface area contributed by atoms with Gasteiger partial charge in [0.2, 0.25) is 5.89 Å². The second-order valence-electron chi connectivity index (χ2n) is 10.3. The smallest absolute Gasteiger partial charge is 0.226 e. The minimum Gasteiger partial charge on any atom is -0.493 e. The van der Waals surface area contributed by atoms with E-state index in [0.29, 0.717) is 69.7 Å². The van der Waals surface area contributed by atoms with E-state index in [2.05, 4.69) is 22.1 Å². The number of anilines is 1. The summed E-state index contributed by atoms with van der Waals surface area (Å²) in [6.45, 7) is 6.32. The Hall–Kier alpha value is -4.75. The molecule has 2 N–H and O–H groups in total. The first-order chi connectivity index (χ1) is 21.2. The molecule has 226 valence electrons. The molecule has 0 aliphatic carbocycles. The molecule has 1 saturated heterocycles. The number of nitriles is 2. The Morgan fingerprint density at radius 2 is 1.70 bits per heavy atom. The number of nitrogens with zero attached hydrogens (tertiary/aromatic N) is 4. The van der Waals surface area contributed by atoms with E-state index in [9.17, 15) is 10.5 Å². The number of rotatable bonds is 10. The molecule has 0 bridgehead atoms. The number of nitrogen functional groups attached to an aromatic ring is 1. The standard InChI is InChI=1S/C32H31N5O6S/c1-18-25(36-30(42-18)20-8-11-26(38-4)27(12-20)39-5)17-44-31-24(14-34)28(23(13-33)29(35)37-31)19-6-9-21(10-7-19)40-15-22-16-41-32(2,3)43-22/h6-12,22H,15-17H2,1-5H3,(H2,35,37)/t22-/m1/s1. The van der Waals surface area contributed by atoms with E-state index in [1.54, 1.807) is 50.6 Å². The number of aromatic nitrogens is 2. The molecule has 0 unspecified atom stereocenters. The Kier molecular flexibility index (Phi) is 8.97. The normalized spacial score (nSPS) is 15.4. The molecule has 4 aromatic rings. The molecule has 0 saturated carbocycles. The Morgan fingerprint density at radius 1 is 1.00 bits per heavy atom. The average molecular weight is 614 g/mol. The van der Waals surface area contributed by atoms with Gasteiger partial charge < -0.3 is 33.8 Å². The Labute approximate surface area is 259 Å². The van der Waals surface area contributed by atoms with Crippen LogP contribution in [0.2, 0.25) is 0 Å². The number of benzene rings is 2. The SMILES string of the molecule is COc1ccc(-c2nc(CSc3nc(N)c(C#N)c(-c4ccc(OC[C@@H]5COC(C)(C)O5)cc4)c3C#N)c(C)o2)cc1OC. The van der Waals surface area contributed by atoms with Crippen molar-refractivity contribution in [2.75, 3.05) is 33.2 Å². The van der Waals surface area contributed by atoms with Gasteiger partial charge in [0.1, 0.15) is 52.8 Å². The number of aryl methyl sites for hydroxylation is 1. The van der Waals surface area contributed by atoms with Crippen molar-refractivity contribution < 1.29 is 28.1 Å². The minimum atomic E-state index is -0.629. The van der Waals surface area contributed by atoms with Crippen LogP contribution in [0, 0.1) is 29.6 Å². The highest BCUT2D eigenvalue weighted by molar-refractivity contribution is 7.98. The lowest BCUT2D eigenvalue weighted by molar-refractivity contribution is -0.141. The van der Waals surface area contributed by atoms with Crippen LogP contribution in [0.25, 0.3) is 22.6 Å². The predicted octanol–water partition coefficient (Wildman–Crippen LogP) is 5.88. The Balaban J connectivity index is 1.37. The first kappa shape index (κ1) is 30.7. The number of hydrogen-bond donors (Lipinski definition) is 1. The van der Waals surface area contributed by atoms with Crippen molar-refractivity contribution in [1.29, 1.82) is 10.5 Å². The van der Waals surface area contributed by atoms with Gasteiger partial charge in [0.15, 0.2) is 17.3 Å². The molecule has 2 aromatic carbocycles. The number of nitrogens with two attached hydrogens (primary N) is 1. The van der Waals surface area contributed by atoms with Crippen LogP contribution in [0.15, 0.2) is 51.9 Å². The first-order valence-electron chi connectivity index (χ1n) is 13.7. The highest BCUT2D eigenvalue weighted by atomic mass is 32.2.